The van der Waals surface area contributed by atoms with Crippen LogP contribution in [0.15, 0.2) is 33.2 Å². The number of carbonyl (C=O) groups excluding carboxylic acids is 2. The van der Waals surface area contributed by atoms with E-state index in [1.165, 1.54) is 13.8 Å². The quantitative estimate of drug-likeness (QED) is 0.280. The molecule has 37 heavy (non-hydrogen) atoms. The highest BCUT2D eigenvalue weighted by Crippen LogP contribution is 2.58. The maximum absolute atomic E-state index is 14.9. The molecule has 4 nitrogen and oxygen atoms in total. The molecule has 2 rings (SSSR count). The SMILES string of the molecule is CCCc1cc(C(c2cc(Br)c(NC(C)=O)c(CCC)c2)(C(F)(F)F)C(F)(F)F)cc(Br)c1NC(C)=O. The van der Waals surface area contributed by atoms with Crippen LogP contribution in [0.2, 0.25) is 0 Å². The summed E-state index contributed by atoms with van der Waals surface area (Å²) in [7, 11) is 0. The van der Waals surface area contributed by atoms with Crippen molar-refractivity contribution in [2.24, 2.45) is 0 Å². The third-order valence-electron chi connectivity index (χ3n) is 5.70. The van der Waals surface area contributed by atoms with Gasteiger partial charge in [-0.2, -0.15) is 26.3 Å². The van der Waals surface area contributed by atoms with Gasteiger partial charge in [-0.1, -0.05) is 38.8 Å². The van der Waals surface area contributed by atoms with Gasteiger partial charge in [0.25, 0.3) is 0 Å². The molecule has 0 fully saturated rings. The first-order chi connectivity index (χ1) is 17.0. The van der Waals surface area contributed by atoms with Crippen molar-refractivity contribution in [3.63, 3.8) is 0 Å². The fraction of sp³-hybridized carbons (Fsp3) is 0.440. The van der Waals surface area contributed by atoms with Crippen molar-refractivity contribution < 1.29 is 35.9 Å². The molecule has 0 aliphatic heterocycles. The van der Waals surface area contributed by atoms with Crippen LogP contribution in [0.25, 0.3) is 0 Å². The first-order valence-electron chi connectivity index (χ1n) is 11.4. The van der Waals surface area contributed by atoms with Crippen molar-refractivity contribution in [3.8, 4) is 0 Å². The van der Waals surface area contributed by atoms with E-state index in [9.17, 15) is 35.9 Å². The summed E-state index contributed by atoms with van der Waals surface area (Å²) in [4.78, 5) is 23.3. The van der Waals surface area contributed by atoms with Gasteiger partial charge in [0.15, 0.2) is 0 Å². The van der Waals surface area contributed by atoms with Gasteiger partial charge in [0.2, 0.25) is 17.2 Å². The molecule has 0 heterocycles. The third-order valence-corrected chi connectivity index (χ3v) is 6.95. The average Bonchev–Trinajstić information content (AvgIpc) is 2.71. The second kappa shape index (κ2) is 11.8. The third kappa shape index (κ3) is 6.32. The van der Waals surface area contributed by atoms with Crippen LogP contribution >= 0.6 is 31.9 Å². The first kappa shape index (κ1) is 31.1. The summed E-state index contributed by atoms with van der Waals surface area (Å²) in [6.45, 7) is 5.81. The molecule has 0 unspecified atom stereocenters. The number of nitrogens with one attached hydrogen (secondary N) is 2. The van der Waals surface area contributed by atoms with Gasteiger partial charge in [-0.25, -0.2) is 0 Å². The minimum absolute atomic E-state index is 0.107. The smallest absolute Gasteiger partial charge is 0.325 e. The summed E-state index contributed by atoms with van der Waals surface area (Å²) in [6, 6.07) is 3.21. The number of anilines is 2. The summed E-state index contributed by atoms with van der Waals surface area (Å²) in [5.74, 6) is -1.05. The van der Waals surface area contributed by atoms with Crippen LogP contribution in [0.5, 0.6) is 0 Å². The second-order valence-electron chi connectivity index (χ2n) is 8.59. The van der Waals surface area contributed by atoms with Crippen LogP contribution in [0.4, 0.5) is 37.7 Å². The Morgan fingerprint density at radius 3 is 1.27 bits per heavy atom. The van der Waals surface area contributed by atoms with E-state index in [2.05, 4.69) is 42.5 Å². The molecule has 0 aliphatic rings. The number of alkyl halides is 6. The van der Waals surface area contributed by atoms with Crippen molar-refractivity contribution in [3.05, 3.63) is 55.5 Å². The Morgan fingerprint density at radius 2 is 1.03 bits per heavy atom. The molecule has 0 saturated carbocycles. The van der Waals surface area contributed by atoms with Crippen LogP contribution in [-0.2, 0) is 27.8 Å². The topological polar surface area (TPSA) is 58.2 Å². The molecule has 0 aromatic heterocycles. The van der Waals surface area contributed by atoms with Crippen molar-refractivity contribution in [1.29, 1.82) is 0 Å². The number of rotatable bonds is 8. The van der Waals surface area contributed by atoms with E-state index in [1.807, 2.05) is 0 Å². The molecule has 0 radical (unpaired) electrons. The predicted molar refractivity (Wildman–Crippen MR) is 138 cm³/mol. The number of carbonyl (C=O) groups is 2. The minimum atomic E-state index is -5.80. The van der Waals surface area contributed by atoms with Crippen molar-refractivity contribution in [1.82, 2.24) is 0 Å². The highest BCUT2D eigenvalue weighted by Gasteiger charge is 2.72. The Bertz CT molecular complexity index is 1090. The van der Waals surface area contributed by atoms with Gasteiger partial charge >= 0.3 is 12.4 Å². The summed E-state index contributed by atoms with van der Waals surface area (Å²) < 4.78 is 89.0. The number of aryl methyl sites for hydroxylation is 2. The van der Waals surface area contributed by atoms with Gasteiger partial charge in [-0.15, -0.1) is 0 Å². The van der Waals surface area contributed by atoms with E-state index in [-0.39, 0.29) is 44.3 Å². The molecule has 2 aromatic rings. The molecule has 2 amide bonds. The van der Waals surface area contributed by atoms with Gasteiger partial charge in [0, 0.05) is 22.8 Å². The zero-order chi connectivity index (χ0) is 28.3. The van der Waals surface area contributed by atoms with E-state index >= 15 is 0 Å². The van der Waals surface area contributed by atoms with Gasteiger partial charge in [-0.3, -0.25) is 9.59 Å². The number of amides is 2. The second-order valence-corrected chi connectivity index (χ2v) is 10.3. The molecule has 12 heteroatoms. The van der Waals surface area contributed by atoms with E-state index < -0.39 is 40.7 Å². The molecule has 0 bridgehead atoms. The van der Waals surface area contributed by atoms with Gasteiger partial charge < -0.3 is 10.6 Å². The van der Waals surface area contributed by atoms with Crippen LogP contribution in [0.1, 0.15) is 62.8 Å². The van der Waals surface area contributed by atoms with E-state index in [0.717, 1.165) is 24.3 Å². The molecule has 2 aromatic carbocycles. The van der Waals surface area contributed by atoms with Crippen LogP contribution in [0.3, 0.4) is 0 Å². The number of hydrogen-bond donors (Lipinski definition) is 2. The van der Waals surface area contributed by atoms with E-state index in [1.54, 1.807) is 13.8 Å². The Kier molecular flexibility index (Phi) is 9.89. The monoisotopic (exact) mass is 658 g/mol. The minimum Gasteiger partial charge on any atom is -0.325 e. The van der Waals surface area contributed by atoms with Gasteiger partial charge in [-0.05, 0) is 79.1 Å². The Morgan fingerprint density at radius 1 is 0.703 bits per heavy atom. The molecular formula is C25H26Br2F6N2O2. The number of hydrogen-bond acceptors (Lipinski definition) is 2. The lowest BCUT2D eigenvalue weighted by molar-refractivity contribution is -0.288. The van der Waals surface area contributed by atoms with Gasteiger partial charge in [0.05, 0.1) is 11.4 Å². The molecule has 0 atom stereocenters. The van der Waals surface area contributed by atoms with Crippen LogP contribution < -0.4 is 10.6 Å². The fourth-order valence-corrected chi connectivity index (χ4v) is 5.51. The first-order valence-corrected chi connectivity index (χ1v) is 12.9. The molecule has 2 N–H and O–H groups in total. The number of halogens is 8. The maximum Gasteiger partial charge on any atom is 0.411 e. The molecule has 0 saturated heterocycles. The summed E-state index contributed by atoms with van der Waals surface area (Å²) >= 11 is 6.16. The molecule has 204 valence electrons. The predicted octanol–water partition coefficient (Wildman–Crippen LogP) is 8.44. The summed E-state index contributed by atoms with van der Waals surface area (Å²) in [6.07, 6.45) is -10.5. The standard InChI is InChI=1S/C25H26Br2F6N2O2/c1-5-7-15-9-17(11-19(26)21(15)34-13(3)36)23(24(28,29)30,25(31,32)33)18-10-16(8-6-2)22(20(27)12-18)35-14(4)37/h9-12H,5-8H2,1-4H3,(H,34,36)(H,35,37). The summed E-state index contributed by atoms with van der Waals surface area (Å²) in [5.41, 5.74) is -6.00. The lowest BCUT2D eigenvalue weighted by Gasteiger charge is -2.39. The maximum atomic E-state index is 14.9. The van der Waals surface area contributed by atoms with Gasteiger partial charge in [0.1, 0.15) is 0 Å². The molecule has 0 spiro atoms. The van der Waals surface area contributed by atoms with Crippen molar-refractivity contribution in [2.75, 3.05) is 10.6 Å². The summed E-state index contributed by atoms with van der Waals surface area (Å²) in [5, 5.41) is 4.97. The lowest BCUT2D eigenvalue weighted by atomic mass is 9.71. The molecular weight excluding hydrogens is 634 g/mol. The fourth-order valence-electron chi connectivity index (χ4n) is 4.31. The van der Waals surface area contributed by atoms with Crippen LogP contribution in [0, 0.1) is 0 Å². The Hall–Kier alpha value is -2.08. The van der Waals surface area contributed by atoms with Crippen molar-refractivity contribution >= 4 is 55.0 Å². The number of benzene rings is 2. The van der Waals surface area contributed by atoms with Crippen molar-refractivity contribution in [2.45, 2.75) is 71.1 Å². The normalized spacial score (nSPS) is 12.4. The van der Waals surface area contributed by atoms with Crippen LogP contribution in [-0.4, -0.2) is 24.2 Å². The highest BCUT2D eigenvalue weighted by molar-refractivity contribution is 9.11. The average molecular weight is 660 g/mol. The lowest BCUT2D eigenvalue weighted by Crippen LogP contribution is -2.55. The van der Waals surface area contributed by atoms with E-state index in [0.29, 0.717) is 12.8 Å². The zero-order valence-corrected chi connectivity index (χ0v) is 23.7. The van der Waals surface area contributed by atoms with E-state index in [4.69, 9.17) is 0 Å². The largest absolute Gasteiger partial charge is 0.411 e. The Labute approximate surface area is 227 Å². The highest BCUT2D eigenvalue weighted by atomic mass is 79.9. The molecule has 0 aliphatic carbocycles. The zero-order valence-electron chi connectivity index (χ0n) is 20.5. The Balaban J connectivity index is 3.07.